The third kappa shape index (κ3) is 2.77. The minimum absolute atomic E-state index is 0.111. The smallest absolute Gasteiger partial charge is 0.276 e. The van der Waals surface area contributed by atoms with Crippen LogP contribution < -0.4 is 5.32 Å². The van der Waals surface area contributed by atoms with Gasteiger partial charge in [-0.2, -0.15) is 0 Å². The number of allylic oxidation sites excluding steroid dienone is 3. The van der Waals surface area contributed by atoms with Crippen LogP contribution in [0.25, 0.3) is 0 Å². The van der Waals surface area contributed by atoms with Gasteiger partial charge in [-0.15, -0.1) is 0 Å². The molecule has 0 radical (unpaired) electrons. The van der Waals surface area contributed by atoms with Gasteiger partial charge in [0.2, 0.25) is 3.79 Å². The van der Waals surface area contributed by atoms with Crippen molar-refractivity contribution in [2.75, 3.05) is 0 Å². The van der Waals surface area contributed by atoms with E-state index in [0.717, 1.165) is 5.70 Å². The molecule has 0 spiro atoms. The number of nitrogens with one attached hydrogen (secondary N) is 1. The summed E-state index contributed by atoms with van der Waals surface area (Å²) in [5, 5.41) is 13.7. The van der Waals surface area contributed by atoms with E-state index in [4.69, 9.17) is 34.8 Å². The molecule has 1 heterocycles. The van der Waals surface area contributed by atoms with Crippen molar-refractivity contribution < 1.29 is 4.92 Å². The van der Waals surface area contributed by atoms with Crippen LogP contribution in [0.15, 0.2) is 23.2 Å². The molecule has 84 valence electrons. The molecule has 0 aromatic heterocycles. The average molecular weight is 272 g/mol. The van der Waals surface area contributed by atoms with Gasteiger partial charge in [0.05, 0.1) is 10.6 Å². The van der Waals surface area contributed by atoms with E-state index in [1.165, 1.54) is 6.08 Å². The summed E-state index contributed by atoms with van der Waals surface area (Å²) in [5.41, 5.74) is 1.02. The zero-order valence-corrected chi connectivity index (χ0v) is 10.3. The lowest BCUT2D eigenvalue weighted by molar-refractivity contribution is -0.433. The summed E-state index contributed by atoms with van der Waals surface area (Å²) in [6.45, 7) is 3.33. The van der Waals surface area contributed by atoms with E-state index in [1.54, 1.807) is 13.8 Å². The number of dihydropyridines is 1. The Balaban J connectivity index is 3.20. The molecular formula is C8H9Cl3N2O2. The van der Waals surface area contributed by atoms with E-state index < -0.39 is 14.6 Å². The molecule has 0 saturated heterocycles. The van der Waals surface area contributed by atoms with Gasteiger partial charge in [0.25, 0.3) is 5.70 Å². The van der Waals surface area contributed by atoms with Crippen molar-refractivity contribution >= 4 is 34.8 Å². The molecule has 1 N–H and O–H groups in total. The summed E-state index contributed by atoms with van der Waals surface area (Å²) in [5.74, 6) is -0.834. The maximum Gasteiger partial charge on any atom is 0.276 e. The molecule has 7 heteroatoms. The minimum atomic E-state index is -1.72. The predicted octanol–water partition coefficient (Wildman–Crippen LogP) is 2.99. The summed E-state index contributed by atoms with van der Waals surface area (Å²) in [6.07, 6.45) is 1.54. The number of halogens is 3. The molecule has 0 fully saturated rings. The normalized spacial score (nSPS) is 22.2. The predicted molar refractivity (Wildman–Crippen MR) is 60.4 cm³/mol. The molecule has 1 atom stereocenters. The summed E-state index contributed by atoms with van der Waals surface area (Å²) >= 11 is 17.1. The van der Waals surface area contributed by atoms with Crippen molar-refractivity contribution in [2.45, 2.75) is 17.6 Å². The number of hydrogen-bond donors (Lipinski definition) is 1. The zero-order valence-electron chi connectivity index (χ0n) is 8.05. The second-order valence-electron chi connectivity index (χ2n) is 3.26. The van der Waals surface area contributed by atoms with Gasteiger partial charge in [-0.05, 0) is 19.9 Å². The van der Waals surface area contributed by atoms with E-state index >= 15 is 0 Å². The van der Waals surface area contributed by atoms with Crippen molar-refractivity contribution in [1.29, 1.82) is 0 Å². The second-order valence-corrected chi connectivity index (χ2v) is 5.63. The SMILES string of the molecule is CC1=CC(C(Cl)(Cl)Cl)C([N+](=O)[O-])=C(C)N1. The van der Waals surface area contributed by atoms with Gasteiger partial charge in [0, 0.05) is 5.70 Å². The molecule has 1 unspecified atom stereocenters. The molecule has 4 nitrogen and oxygen atoms in total. The third-order valence-corrected chi connectivity index (χ3v) is 2.73. The van der Waals surface area contributed by atoms with Crippen LogP contribution in [0.1, 0.15) is 13.8 Å². The highest BCUT2D eigenvalue weighted by Gasteiger charge is 2.43. The first kappa shape index (κ1) is 12.6. The third-order valence-electron chi connectivity index (χ3n) is 2.03. The molecular weight excluding hydrogens is 262 g/mol. The first-order chi connectivity index (χ1) is 6.73. The van der Waals surface area contributed by atoms with E-state index in [0.29, 0.717) is 5.70 Å². The molecule has 1 rings (SSSR count). The maximum atomic E-state index is 10.8. The fraction of sp³-hybridized carbons (Fsp3) is 0.500. The lowest BCUT2D eigenvalue weighted by atomic mass is 10.0. The Hall–Kier alpha value is -0.450. The Morgan fingerprint density at radius 3 is 2.40 bits per heavy atom. The fourth-order valence-corrected chi connectivity index (χ4v) is 1.96. The molecule has 0 aromatic carbocycles. The van der Waals surface area contributed by atoms with Crippen LogP contribution in [0, 0.1) is 16.0 Å². The molecule has 1 aliphatic rings. The van der Waals surface area contributed by atoms with Gasteiger partial charge in [-0.25, -0.2) is 0 Å². The van der Waals surface area contributed by atoms with E-state index in [2.05, 4.69) is 5.32 Å². The van der Waals surface area contributed by atoms with Gasteiger partial charge in [-0.3, -0.25) is 10.1 Å². The van der Waals surface area contributed by atoms with Gasteiger partial charge < -0.3 is 5.32 Å². The van der Waals surface area contributed by atoms with E-state index in [-0.39, 0.29) is 5.70 Å². The summed E-state index contributed by atoms with van der Waals surface area (Å²) in [6, 6.07) is 0. The monoisotopic (exact) mass is 270 g/mol. The quantitative estimate of drug-likeness (QED) is 0.453. The number of nitro groups is 1. The molecule has 0 saturated carbocycles. The topological polar surface area (TPSA) is 55.2 Å². The van der Waals surface area contributed by atoms with Crippen molar-refractivity contribution in [3.63, 3.8) is 0 Å². The van der Waals surface area contributed by atoms with Gasteiger partial charge in [-0.1, -0.05) is 34.8 Å². The van der Waals surface area contributed by atoms with Crippen LogP contribution in [0.5, 0.6) is 0 Å². The molecule has 1 aliphatic heterocycles. The molecule has 0 amide bonds. The summed E-state index contributed by atoms with van der Waals surface area (Å²) in [7, 11) is 0. The fourth-order valence-electron chi connectivity index (χ4n) is 1.46. The van der Waals surface area contributed by atoms with Crippen molar-refractivity contribution in [3.8, 4) is 0 Å². The summed E-state index contributed by atoms with van der Waals surface area (Å²) in [4.78, 5) is 10.3. The van der Waals surface area contributed by atoms with E-state index in [9.17, 15) is 10.1 Å². The van der Waals surface area contributed by atoms with Gasteiger partial charge in [0.15, 0.2) is 0 Å². The Kier molecular flexibility index (Phi) is 3.53. The molecule has 0 aliphatic carbocycles. The standard InChI is InChI=1S/C8H9Cl3N2O2/c1-4-3-6(8(9,10)11)7(13(14)15)5(2)12-4/h3,6,12H,1-2H3. The highest BCUT2D eigenvalue weighted by molar-refractivity contribution is 6.68. The van der Waals surface area contributed by atoms with Crippen LogP contribution >= 0.6 is 34.8 Å². The van der Waals surface area contributed by atoms with Crippen molar-refractivity contribution in [1.82, 2.24) is 5.32 Å². The van der Waals surface area contributed by atoms with E-state index in [1.807, 2.05) is 0 Å². The molecule has 15 heavy (non-hydrogen) atoms. The Labute approximate surface area is 102 Å². The van der Waals surface area contributed by atoms with Crippen LogP contribution in [0.3, 0.4) is 0 Å². The van der Waals surface area contributed by atoms with Crippen LogP contribution in [0.2, 0.25) is 0 Å². The highest BCUT2D eigenvalue weighted by Crippen LogP contribution is 2.42. The molecule has 0 bridgehead atoms. The maximum absolute atomic E-state index is 10.8. The number of nitrogens with zero attached hydrogens (tertiary/aromatic N) is 1. The number of rotatable bonds is 1. The lowest BCUT2D eigenvalue weighted by Gasteiger charge is -2.25. The van der Waals surface area contributed by atoms with Crippen LogP contribution in [-0.4, -0.2) is 8.72 Å². The second kappa shape index (κ2) is 4.20. The lowest BCUT2D eigenvalue weighted by Crippen LogP contribution is -2.31. The Morgan fingerprint density at radius 1 is 1.47 bits per heavy atom. The summed E-state index contributed by atoms with van der Waals surface area (Å²) < 4.78 is -1.72. The van der Waals surface area contributed by atoms with Crippen LogP contribution in [0.4, 0.5) is 0 Å². The van der Waals surface area contributed by atoms with Gasteiger partial charge in [0.1, 0.15) is 5.92 Å². The first-order valence-corrected chi connectivity index (χ1v) is 5.24. The molecule has 0 aromatic rings. The zero-order chi connectivity index (χ0) is 11.8. The first-order valence-electron chi connectivity index (χ1n) is 4.11. The Morgan fingerprint density at radius 2 is 2.00 bits per heavy atom. The largest absolute Gasteiger partial charge is 0.358 e. The average Bonchev–Trinajstić information content (AvgIpc) is 1.99. The van der Waals surface area contributed by atoms with Crippen molar-refractivity contribution in [2.24, 2.45) is 5.92 Å². The number of hydrogen-bond acceptors (Lipinski definition) is 3. The van der Waals surface area contributed by atoms with Gasteiger partial charge >= 0.3 is 0 Å². The van der Waals surface area contributed by atoms with Crippen molar-refractivity contribution in [3.05, 3.63) is 33.3 Å². The highest BCUT2D eigenvalue weighted by atomic mass is 35.6. The minimum Gasteiger partial charge on any atom is -0.358 e. The Bertz CT molecular complexity index is 357. The number of alkyl halides is 3. The van der Waals surface area contributed by atoms with Crippen LogP contribution in [-0.2, 0) is 0 Å².